The summed E-state index contributed by atoms with van der Waals surface area (Å²) in [6.07, 6.45) is 0.585. The molecule has 1 saturated heterocycles. The number of aromatic nitrogens is 2. The van der Waals surface area contributed by atoms with Crippen LogP contribution in [0.1, 0.15) is 29.5 Å². The number of aryl methyl sites for hydroxylation is 1. The van der Waals surface area contributed by atoms with E-state index in [0.29, 0.717) is 12.1 Å². The zero-order valence-electron chi connectivity index (χ0n) is 10.7. The monoisotopic (exact) mass is 265 g/mol. The van der Waals surface area contributed by atoms with E-state index in [-0.39, 0.29) is 23.7 Å². The number of nitrogen functional groups attached to an aromatic ring is 1. The molecule has 2 rings (SSSR count). The van der Waals surface area contributed by atoms with E-state index in [2.05, 4.69) is 15.5 Å². The van der Waals surface area contributed by atoms with Gasteiger partial charge in [-0.1, -0.05) is 6.92 Å². The predicted molar refractivity (Wildman–Crippen MR) is 66.0 cm³/mol. The normalized spacial score (nSPS) is 19.1. The Morgan fingerprint density at radius 3 is 2.74 bits per heavy atom. The van der Waals surface area contributed by atoms with Crippen LogP contribution in [0.25, 0.3) is 0 Å². The summed E-state index contributed by atoms with van der Waals surface area (Å²) in [7, 11) is 1.38. The standard InChI is InChI=1S/C11H15N5O3/c1-3-5-8(12)9(15-14-5)10(18)13-6-4-7(17)16(2)11(6)19/h6H,3-4,12H2,1-2H3,(H,13,18)(H,14,15). The highest BCUT2D eigenvalue weighted by Gasteiger charge is 2.37. The molecule has 1 aliphatic rings. The van der Waals surface area contributed by atoms with Crippen LogP contribution in [0.2, 0.25) is 0 Å². The Morgan fingerprint density at radius 2 is 2.26 bits per heavy atom. The molecule has 0 bridgehead atoms. The Kier molecular flexibility index (Phi) is 3.24. The van der Waals surface area contributed by atoms with Gasteiger partial charge in [-0.15, -0.1) is 0 Å². The van der Waals surface area contributed by atoms with Crippen molar-refractivity contribution in [3.05, 3.63) is 11.4 Å². The number of hydrogen-bond acceptors (Lipinski definition) is 5. The fraction of sp³-hybridized carbons (Fsp3) is 0.455. The molecule has 8 nitrogen and oxygen atoms in total. The maximum atomic E-state index is 12.0. The number of likely N-dealkylation sites (tertiary alicyclic amines) is 1. The van der Waals surface area contributed by atoms with Gasteiger partial charge in [-0.05, 0) is 6.42 Å². The van der Waals surface area contributed by atoms with Gasteiger partial charge in [0.2, 0.25) is 5.91 Å². The number of carbonyl (C=O) groups is 3. The highest BCUT2D eigenvalue weighted by Crippen LogP contribution is 2.16. The van der Waals surface area contributed by atoms with Crippen LogP contribution < -0.4 is 11.1 Å². The molecule has 0 aliphatic carbocycles. The van der Waals surface area contributed by atoms with Crippen LogP contribution in [0, 0.1) is 0 Å². The maximum Gasteiger partial charge on any atom is 0.274 e. The summed E-state index contributed by atoms with van der Waals surface area (Å²) in [5, 5.41) is 8.95. The summed E-state index contributed by atoms with van der Waals surface area (Å²) in [6.45, 7) is 1.87. The third-order valence-corrected chi connectivity index (χ3v) is 3.14. The van der Waals surface area contributed by atoms with Crippen LogP contribution in [0.15, 0.2) is 0 Å². The molecule has 0 saturated carbocycles. The number of likely N-dealkylation sites (N-methyl/N-ethyl adjacent to an activating group) is 1. The summed E-state index contributed by atoms with van der Waals surface area (Å²) in [4.78, 5) is 35.9. The van der Waals surface area contributed by atoms with E-state index in [1.807, 2.05) is 6.92 Å². The van der Waals surface area contributed by atoms with E-state index in [1.165, 1.54) is 7.05 Å². The molecule has 3 amide bonds. The summed E-state index contributed by atoms with van der Waals surface area (Å²) < 4.78 is 0. The van der Waals surface area contributed by atoms with Crippen LogP contribution in [0.3, 0.4) is 0 Å². The van der Waals surface area contributed by atoms with Gasteiger partial charge in [0.05, 0.1) is 17.8 Å². The van der Waals surface area contributed by atoms with Gasteiger partial charge in [0.1, 0.15) is 6.04 Å². The van der Waals surface area contributed by atoms with E-state index in [9.17, 15) is 14.4 Å². The maximum absolute atomic E-state index is 12.0. The third kappa shape index (κ3) is 2.16. The van der Waals surface area contributed by atoms with Crippen LogP contribution in [-0.2, 0) is 16.0 Å². The van der Waals surface area contributed by atoms with Gasteiger partial charge in [0.25, 0.3) is 11.8 Å². The van der Waals surface area contributed by atoms with Gasteiger partial charge in [0.15, 0.2) is 5.69 Å². The van der Waals surface area contributed by atoms with Gasteiger partial charge in [-0.2, -0.15) is 5.10 Å². The van der Waals surface area contributed by atoms with Crippen molar-refractivity contribution in [3.63, 3.8) is 0 Å². The van der Waals surface area contributed by atoms with E-state index < -0.39 is 17.9 Å². The molecule has 1 fully saturated rings. The molecule has 0 radical (unpaired) electrons. The number of H-pyrrole nitrogens is 1. The number of nitrogens with two attached hydrogens (primary N) is 1. The first kappa shape index (κ1) is 13.1. The van der Waals surface area contributed by atoms with Crippen molar-refractivity contribution in [2.45, 2.75) is 25.8 Å². The van der Waals surface area contributed by atoms with E-state index in [0.717, 1.165) is 4.90 Å². The van der Waals surface area contributed by atoms with Crippen molar-refractivity contribution in [1.29, 1.82) is 0 Å². The number of carbonyl (C=O) groups excluding carboxylic acids is 3. The Balaban J connectivity index is 2.12. The average molecular weight is 265 g/mol. The van der Waals surface area contributed by atoms with Crippen molar-refractivity contribution < 1.29 is 14.4 Å². The molecule has 1 aromatic heterocycles. The third-order valence-electron chi connectivity index (χ3n) is 3.14. The Labute approximate surface area is 109 Å². The molecule has 1 aromatic rings. The highest BCUT2D eigenvalue weighted by atomic mass is 16.2. The minimum atomic E-state index is -0.842. The number of hydrogen-bond donors (Lipinski definition) is 3. The summed E-state index contributed by atoms with van der Waals surface area (Å²) in [5.74, 6) is -1.31. The lowest BCUT2D eigenvalue weighted by Crippen LogP contribution is -2.41. The zero-order valence-corrected chi connectivity index (χ0v) is 10.7. The number of amides is 3. The molecule has 2 heterocycles. The van der Waals surface area contributed by atoms with E-state index in [1.54, 1.807) is 0 Å². The Hall–Kier alpha value is -2.38. The van der Waals surface area contributed by atoms with E-state index >= 15 is 0 Å². The molecular formula is C11H15N5O3. The van der Waals surface area contributed by atoms with Gasteiger partial charge in [-0.25, -0.2) is 0 Å². The predicted octanol–water partition coefficient (Wildman–Crippen LogP) is -0.959. The fourth-order valence-electron chi connectivity index (χ4n) is 1.92. The number of nitrogens with one attached hydrogen (secondary N) is 2. The van der Waals surface area contributed by atoms with Gasteiger partial charge >= 0.3 is 0 Å². The fourth-order valence-corrected chi connectivity index (χ4v) is 1.92. The lowest BCUT2D eigenvalue weighted by molar-refractivity contribution is -0.137. The molecule has 0 spiro atoms. The largest absolute Gasteiger partial charge is 0.395 e. The van der Waals surface area contributed by atoms with Crippen molar-refractivity contribution in [2.75, 3.05) is 12.8 Å². The number of nitrogens with zero attached hydrogens (tertiary/aromatic N) is 2. The number of rotatable bonds is 3. The molecule has 102 valence electrons. The minimum Gasteiger partial charge on any atom is -0.395 e. The van der Waals surface area contributed by atoms with Crippen molar-refractivity contribution >= 4 is 23.4 Å². The number of imide groups is 1. The summed E-state index contributed by atoms with van der Waals surface area (Å²) in [6, 6.07) is -0.842. The molecule has 19 heavy (non-hydrogen) atoms. The molecule has 0 aromatic carbocycles. The molecule has 4 N–H and O–H groups in total. The Bertz CT molecular complexity index is 551. The van der Waals surface area contributed by atoms with Crippen molar-refractivity contribution in [1.82, 2.24) is 20.4 Å². The second-order valence-corrected chi connectivity index (χ2v) is 4.34. The van der Waals surface area contributed by atoms with Gasteiger partial charge < -0.3 is 11.1 Å². The van der Waals surface area contributed by atoms with Gasteiger partial charge in [0, 0.05) is 7.05 Å². The molecule has 1 unspecified atom stereocenters. The van der Waals surface area contributed by atoms with Crippen LogP contribution in [0.4, 0.5) is 5.69 Å². The zero-order chi connectivity index (χ0) is 14.2. The number of anilines is 1. The quantitative estimate of drug-likeness (QED) is 0.608. The number of aromatic amines is 1. The lowest BCUT2D eigenvalue weighted by atomic mass is 10.2. The van der Waals surface area contributed by atoms with Crippen LogP contribution in [-0.4, -0.2) is 45.9 Å². The van der Waals surface area contributed by atoms with Crippen molar-refractivity contribution in [2.24, 2.45) is 0 Å². The first-order valence-electron chi connectivity index (χ1n) is 5.89. The highest BCUT2D eigenvalue weighted by molar-refractivity contribution is 6.08. The minimum absolute atomic E-state index is 0.0357. The lowest BCUT2D eigenvalue weighted by Gasteiger charge is -2.10. The van der Waals surface area contributed by atoms with Gasteiger partial charge in [-0.3, -0.25) is 24.4 Å². The van der Waals surface area contributed by atoms with Crippen LogP contribution in [0.5, 0.6) is 0 Å². The topological polar surface area (TPSA) is 121 Å². The smallest absolute Gasteiger partial charge is 0.274 e. The van der Waals surface area contributed by atoms with E-state index in [4.69, 9.17) is 5.73 Å². The molecule has 8 heteroatoms. The Morgan fingerprint density at radius 1 is 1.58 bits per heavy atom. The molecule has 1 atom stereocenters. The second kappa shape index (κ2) is 4.71. The summed E-state index contributed by atoms with van der Waals surface area (Å²) >= 11 is 0. The molecule has 1 aliphatic heterocycles. The van der Waals surface area contributed by atoms with Crippen molar-refractivity contribution in [3.8, 4) is 0 Å². The van der Waals surface area contributed by atoms with Crippen LogP contribution >= 0.6 is 0 Å². The average Bonchev–Trinajstić information content (AvgIpc) is 2.86. The summed E-state index contributed by atoms with van der Waals surface area (Å²) in [5.41, 5.74) is 6.74. The first-order valence-corrected chi connectivity index (χ1v) is 5.89. The first-order chi connectivity index (χ1) is 8.95. The SMILES string of the molecule is CCc1[nH]nc(C(=O)NC2CC(=O)N(C)C2=O)c1N. The second-order valence-electron chi connectivity index (χ2n) is 4.34. The molecular weight excluding hydrogens is 250 g/mol.